The Morgan fingerprint density at radius 1 is 1.14 bits per heavy atom. The van der Waals surface area contributed by atoms with Gasteiger partial charge in [-0.25, -0.2) is 4.79 Å². The second-order valence-corrected chi connectivity index (χ2v) is 5.35. The maximum Gasteiger partial charge on any atom is 0.335 e. The van der Waals surface area contributed by atoms with E-state index in [-0.39, 0.29) is 11.1 Å². The van der Waals surface area contributed by atoms with Crippen molar-refractivity contribution in [2.75, 3.05) is 0 Å². The first kappa shape index (κ1) is 14.1. The van der Waals surface area contributed by atoms with Crippen LogP contribution in [0, 0.1) is 6.92 Å². The number of rotatable bonds is 3. The van der Waals surface area contributed by atoms with Crippen molar-refractivity contribution in [3.05, 3.63) is 81.8 Å². The first-order chi connectivity index (χ1) is 10.5. The Morgan fingerprint density at radius 3 is 2.73 bits per heavy atom. The number of hydrogen-bond donors (Lipinski definition) is 1. The van der Waals surface area contributed by atoms with Crippen molar-refractivity contribution in [1.29, 1.82) is 0 Å². The lowest BCUT2D eigenvalue weighted by atomic mass is 10.1. The molecule has 1 heterocycles. The monoisotopic (exact) mass is 293 g/mol. The molecular formula is C18H15NO3. The molecule has 0 amide bonds. The maximum absolute atomic E-state index is 12.5. The highest BCUT2D eigenvalue weighted by Crippen LogP contribution is 2.13. The smallest absolute Gasteiger partial charge is 0.335 e. The fourth-order valence-corrected chi connectivity index (χ4v) is 2.53. The summed E-state index contributed by atoms with van der Waals surface area (Å²) in [6, 6.07) is 14.3. The zero-order chi connectivity index (χ0) is 15.7. The normalized spacial score (nSPS) is 10.8. The molecule has 3 rings (SSSR count). The predicted octanol–water partition coefficient (Wildman–Crippen LogP) is 3.06. The summed E-state index contributed by atoms with van der Waals surface area (Å²) in [4.78, 5) is 23.5. The zero-order valence-corrected chi connectivity index (χ0v) is 12.1. The maximum atomic E-state index is 12.5. The first-order valence-electron chi connectivity index (χ1n) is 6.96. The molecule has 0 spiro atoms. The average Bonchev–Trinajstić information content (AvgIpc) is 2.50. The number of fused-ring (bicyclic) bond motifs is 1. The number of carbonyl (C=O) groups is 1. The molecule has 0 saturated carbocycles. The Hall–Kier alpha value is -2.88. The molecule has 4 nitrogen and oxygen atoms in total. The van der Waals surface area contributed by atoms with Crippen LogP contribution in [-0.4, -0.2) is 15.6 Å². The van der Waals surface area contributed by atoms with Gasteiger partial charge in [-0.2, -0.15) is 0 Å². The van der Waals surface area contributed by atoms with Gasteiger partial charge in [-0.3, -0.25) is 4.79 Å². The Bertz CT molecular complexity index is 925. The number of aromatic nitrogens is 1. The summed E-state index contributed by atoms with van der Waals surface area (Å²) < 4.78 is 1.60. The summed E-state index contributed by atoms with van der Waals surface area (Å²) in [6.45, 7) is 2.34. The van der Waals surface area contributed by atoms with Crippen LogP contribution in [0.15, 0.2) is 59.5 Å². The lowest BCUT2D eigenvalue weighted by Crippen LogP contribution is -2.20. The third-order valence-corrected chi connectivity index (χ3v) is 3.66. The van der Waals surface area contributed by atoms with E-state index in [1.54, 1.807) is 22.9 Å². The highest BCUT2D eigenvalue weighted by atomic mass is 16.4. The van der Waals surface area contributed by atoms with Crippen molar-refractivity contribution in [3.8, 4) is 0 Å². The van der Waals surface area contributed by atoms with E-state index in [2.05, 4.69) is 0 Å². The first-order valence-corrected chi connectivity index (χ1v) is 6.96. The number of carboxylic acids is 1. The number of pyridine rings is 1. The van der Waals surface area contributed by atoms with Crippen LogP contribution in [0.2, 0.25) is 0 Å². The van der Waals surface area contributed by atoms with Gasteiger partial charge in [-0.15, -0.1) is 0 Å². The van der Waals surface area contributed by atoms with E-state index in [1.165, 1.54) is 6.07 Å². The minimum atomic E-state index is -0.969. The summed E-state index contributed by atoms with van der Waals surface area (Å²) in [6.07, 6.45) is 1.75. The molecule has 0 atom stereocenters. The number of carboxylic acid groups (broad SMARTS) is 1. The molecule has 3 aromatic rings. The van der Waals surface area contributed by atoms with Gasteiger partial charge in [-0.1, -0.05) is 29.8 Å². The van der Waals surface area contributed by atoms with E-state index in [4.69, 9.17) is 5.11 Å². The Morgan fingerprint density at radius 2 is 1.95 bits per heavy atom. The molecule has 110 valence electrons. The summed E-state index contributed by atoms with van der Waals surface area (Å²) in [7, 11) is 0. The van der Waals surface area contributed by atoms with Gasteiger partial charge in [0.15, 0.2) is 0 Å². The molecule has 0 aliphatic rings. The van der Waals surface area contributed by atoms with Crippen LogP contribution in [0.5, 0.6) is 0 Å². The average molecular weight is 293 g/mol. The topological polar surface area (TPSA) is 59.3 Å². The molecule has 4 heteroatoms. The van der Waals surface area contributed by atoms with Crippen LogP contribution in [0.4, 0.5) is 0 Å². The molecule has 0 unspecified atom stereocenters. The van der Waals surface area contributed by atoms with Crippen molar-refractivity contribution in [3.63, 3.8) is 0 Å². The fourth-order valence-electron chi connectivity index (χ4n) is 2.53. The molecule has 0 saturated heterocycles. The largest absolute Gasteiger partial charge is 0.478 e. The van der Waals surface area contributed by atoms with E-state index in [1.807, 2.05) is 37.3 Å². The molecule has 0 aliphatic heterocycles. The van der Waals surface area contributed by atoms with Gasteiger partial charge in [0, 0.05) is 11.6 Å². The molecule has 0 aliphatic carbocycles. The summed E-state index contributed by atoms with van der Waals surface area (Å²) >= 11 is 0. The number of aryl methyl sites for hydroxylation is 1. The van der Waals surface area contributed by atoms with Crippen molar-refractivity contribution in [1.82, 2.24) is 4.57 Å². The number of benzene rings is 2. The highest BCUT2D eigenvalue weighted by Gasteiger charge is 2.06. The standard InChI is InChI=1S/C18H15NO3/c1-12-5-6-16-14(9-12)7-8-19(17(16)20)11-13-3-2-4-15(10-13)18(21)22/h2-10H,11H2,1H3,(H,21,22). The summed E-state index contributed by atoms with van der Waals surface area (Å²) in [5, 5.41) is 10.6. The molecular weight excluding hydrogens is 278 g/mol. The van der Waals surface area contributed by atoms with Crippen LogP contribution in [0.1, 0.15) is 21.5 Å². The van der Waals surface area contributed by atoms with Gasteiger partial charge in [0.1, 0.15) is 0 Å². The predicted molar refractivity (Wildman–Crippen MR) is 85.4 cm³/mol. The third-order valence-electron chi connectivity index (χ3n) is 3.66. The molecule has 0 fully saturated rings. The van der Waals surface area contributed by atoms with Gasteiger partial charge >= 0.3 is 5.97 Å². The van der Waals surface area contributed by atoms with E-state index < -0.39 is 5.97 Å². The van der Waals surface area contributed by atoms with Gasteiger partial charge in [0.25, 0.3) is 5.56 Å². The van der Waals surface area contributed by atoms with Crippen molar-refractivity contribution in [2.24, 2.45) is 0 Å². The van der Waals surface area contributed by atoms with Crippen molar-refractivity contribution < 1.29 is 9.90 Å². The van der Waals surface area contributed by atoms with Crippen molar-refractivity contribution >= 4 is 16.7 Å². The minimum Gasteiger partial charge on any atom is -0.478 e. The lowest BCUT2D eigenvalue weighted by Gasteiger charge is -2.08. The zero-order valence-electron chi connectivity index (χ0n) is 12.1. The van der Waals surface area contributed by atoms with E-state index in [9.17, 15) is 9.59 Å². The Kier molecular flexibility index (Phi) is 3.51. The number of aromatic carboxylic acids is 1. The molecule has 0 radical (unpaired) electrons. The second kappa shape index (κ2) is 5.48. The van der Waals surface area contributed by atoms with Gasteiger partial charge < -0.3 is 9.67 Å². The lowest BCUT2D eigenvalue weighted by molar-refractivity contribution is 0.0696. The van der Waals surface area contributed by atoms with E-state index in [0.717, 1.165) is 16.5 Å². The second-order valence-electron chi connectivity index (χ2n) is 5.35. The SMILES string of the molecule is Cc1ccc2c(=O)n(Cc3cccc(C(=O)O)c3)ccc2c1. The number of hydrogen-bond acceptors (Lipinski definition) is 2. The van der Waals surface area contributed by atoms with Crippen molar-refractivity contribution in [2.45, 2.75) is 13.5 Å². The van der Waals surface area contributed by atoms with Crippen LogP contribution >= 0.6 is 0 Å². The molecule has 1 aromatic heterocycles. The van der Waals surface area contributed by atoms with Gasteiger partial charge in [0.05, 0.1) is 12.1 Å². The minimum absolute atomic E-state index is 0.0711. The molecule has 2 aromatic carbocycles. The Balaban J connectivity index is 2.03. The van der Waals surface area contributed by atoms with Crippen LogP contribution in [0.3, 0.4) is 0 Å². The van der Waals surface area contributed by atoms with Gasteiger partial charge in [0.2, 0.25) is 0 Å². The number of nitrogens with zero attached hydrogens (tertiary/aromatic N) is 1. The Labute approximate surface area is 127 Å². The van der Waals surface area contributed by atoms with Crippen LogP contribution < -0.4 is 5.56 Å². The fraction of sp³-hybridized carbons (Fsp3) is 0.111. The molecule has 22 heavy (non-hydrogen) atoms. The van der Waals surface area contributed by atoms with E-state index in [0.29, 0.717) is 11.9 Å². The van der Waals surface area contributed by atoms with Gasteiger partial charge in [-0.05, 0) is 42.1 Å². The summed E-state index contributed by atoms with van der Waals surface area (Å²) in [5.74, 6) is -0.969. The third kappa shape index (κ3) is 2.63. The summed E-state index contributed by atoms with van der Waals surface area (Å²) in [5.41, 5.74) is 2.05. The highest BCUT2D eigenvalue weighted by molar-refractivity contribution is 5.87. The van der Waals surface area contributed by atoms with Crippen LogP contribution in [-0.2, 0) is 6.54 Å². The quantitative estimate of drug-likeness (QED) is 0.807. The van der Waals surface area contributed by atoms with E-state index >= 15 is 0 Å². The molecule has 1 N–H and O–H groups in total. The molecule has 0 bridgehead atoms. The van der Waals surface area contributed by atoms with Crippen LogP contribution in [0.25, 0.3) is 10.8 Å².